The van der Waals surface area contributed by atoms with Gasteiger partial charge >= 0.3 is 0 Å². The van der Waals surface area contributed by atoms with E-state index in [2.05, 4.69) is 60.4 Å². The van der Waals surface area contributed by atoms with Gasteiger partial charge in [0.1, 0.15) is 0 Å². The molecule has 1 aliphatic heterocycles. The first-order valence-corrected chi connectivity index (χ1v) is 8.27. The van der Waals surface area contributed by atoms with Gasteiger partial charge in [0.05, 0.1) is 0 Å². The van der Waals surface area contributed by atoms with Crippen LogP contribution in [0.5, 0.6) is 0 Å². The molecule has 0 saturated carbocycles. The van der Waals surface area contributed by atoms with Gasteiger partial charge in [0.15, 0.2) is 0 Å². The van der Waals surface area contributed by atoms with Gasteiger partial charge in [-0.25, -0.2) is 0 Å². The van der Waals surface area contributed by atoms with Gasteiger partial charge in [-0.3, -0.25) is 0 Å². The summed E-state index contributed by atoms with van der Waals surface area (Å²) >= 11 is 0. The minimum atomic E-state index is 1.08. The second kappa shape index (κ2) is 4.36. The maximum absolute atomic E-state index is 2.53. The third-order valence-corrected chi connectivity index (χ3v) is 5.34. The molecule has 0 amide bonds. The summed E-state index contributed by atoms with van der Waals surface area (Å²) in [5.41, 5.74) is 8.82. The van der Waals surface area contributed by atoms with Gasteiger partial charge in [-0.1, -0.05) is 36.4 Å². The number of nitrogens with zero attached hydrogens (tertiary/aromatic N) is 1. The van der Waals surface area contributed by atoms with Gasteiger partial charge in [0.2, 0.25) is 0 Å². The molecule has 0 unspecified atom stereocenters. The molecule has 1 nitrogen and oxygen atoms in total. The highest BCUT2D eigenvalue weighted by atomic mass is 15.1. The van der Waals surface area contributed by atoms with E-state index in [4.69, 9.17) is 0 Å². The van der Waals surface area contributed by atoms with Crippen molar-refractivity contribution in [3.8, 4) is 11.1 Å². The molecule has 3 aromatic carbocycles. The third-order valence-electron chi connectivity index (χ3n) is 5.34. The minimum Gasteiger partial charge on any atom is -0.371 e. The largest absolute Gasteiger partial charge is 0.371 e. The molecule has 0 bridgehead atoms. The Morgan fingerprint density at radius 1 is 0.909 bits per heavy atom. The minimum absolute atomic E-state index is 1.08. The highest BCUT2D eigenvalue weighted by Crippen LogP contribution is 2.42. The third kappa shape index (κ3) is 1.54. The molecule has 1 heteroatoms. The Morgan fingerprint density at radius 2 is 1.82 bits per heavy atom. The zero-order valence-corrected chi connectivity index (χ0v) is 12.9. The van der Waals surface area contributed by atoms with Gasteiger partial charge in [0.25, 0.3) is 0 Å². The molecule has 5 rings (SSSR count). The highest BCUT2D eigenvalue weighted by molar-refractivity contribution is 6.01. The van der Waals surface area contributed by atoms with E-state index >= 15 is 0 Å². The van der Waals surface area contributed by atoms with Crippen molar-refractivity contribution < 1.29 is 0 Å². The number of rotatable bonds is 1. The van der Waals surface area contributed by atoms with Crippen LogP contribution < -0.4 is 4.90 Å². The maximum Gasteiger partial charge on any atom is 0.0479 e. The van der Waals surface area contributed by atoms with Crippen LogP contribution in [0, 0.1) is 0 Å². The summed E-state index contributed by atoms with van der Waals surface area (Å²) in [6.07, 6.45) is 2.27. The molecule has 108 valence electrons. The lowest BCUT2D eigenvalue weighted by molar-refractivity contribution is 0.870. The SMILES string of the molecule is CCN1CCc2ccc3cc4c(cc3c21)Cc1ccccc1-4. The molecule has 1 heterocycles. The molecule has 0 N–H and O–H groups in total. The molecule has 1 aliphatic carbocycles. The van der Waals surface area contributed by atoms with Gasteiger partial charge in [-0.05, 0) is 65.1 Å². The van der Waals surface area contributed by atoms with Crippen molar-refractivity contribution >= 4 is 16.5 Å². The van der Waals surface area contributed by atoms with Crippen molar-refractivity contribution in [3.05, 3.63) is 65.2 Å². The topological polar surface area (TPSA) is 3.24 Å². The summed E-state index contributed by atoms with van der Waals surface area (Å²) in [5, 5.41) is 2.83. The maximum atomic E-state index is 2.53. The van der Waals surface area contributed by atoms with Crippen LogP contribution in [-0.4, -0.2) is 13.1 Å². The lowest BCUT2D eigenvalue weighted by Gasteiger charge is -2.19. The van der Waals surface area contributed by atoms with E-state index in [1.807, 2.05) is 0 Å². The van der Waals surface area contributed by atoms with E-state index in [9.17, 15) is 0 Å². The van der Waals surface area contributed by atoms with E-state index in [-0.39, 0.29) is 0 Å². The van der Waals surface area contributed by atoms with Crippen molar-refractivity contribution in [1.29, 1.82) is 0 Å². The normalized spacial score (nSPS) is 15.0. The molecule has 0 saturated heterocycles. The van der Waals surface area contributed by atoms with Crippen molar-refractivity contribution in [2.24, 2.45) is 0 Å². The Hall–Kier alpha value is -2.28. The Morgan fingerprint density at radius 3 is 2.73 bits per heavy atom. The van der Waals surface area contributed by atoms with Crippen LogP contribution >= 0.6 is 0 Å². The van der Waals surface area contributed by atoms with Crippen molar-refractivity contribution in [1.82, 2.24) is 0 Å². The van der Waals surface area contributed by atoms with Crippen molar-refractivity contribution in [2.75, 3.05) is 18.0 Å². The molecule has 2 aliphatic rings. The monoisotopic (exact) mass is 285 g/mol. The number of benzene rings is 3. The summed E-state index contributed by atoms with van der Waals surface area (Å²) in [6.45, 7) is 4.53. The van der Waals surface area contributed by atoms with Crippen molar-refractivity contribution in [3.63, 3.8) is 0 Å². The van der Waals surface area contributed by atoms with Crippen LogP contribution in [0.3, 0.4) is 0 Å². The van der Waals surface area contributed by atoms with Gasteiger partial charge < -0.3 is 4.90 Å². The average Bonchev–Trinajstić information content (AvgIpc) is 3.13. The van der Waals surface area contributed by atoms with Gasteiger partial charge in [-0.15, -0.1) is 0 Å². The molecule has 22 heavy (non-hydrogen) atoms. The Bertz CT molecular complexity index is 907. The number of anilines is 1. The summed E-state index contributed by atoms with van der Waals surface area (Å²) in [6, 6.07) is 18.3. The van der Waals surface area contributed by atoms with Gasteiger partial charge in [-0.2, -0.15) is 0 Å². The molecule has 0 atom stereocenters. The second-order valence-electron chi connectivity index (χ2n) is 6.47. The molecular weight excluding hydrogens is 266 g/mol. The summed E-state index contributed by atoms with van der Waals surface area (Å²) in [5.74, 6) is 0. The van der Waals surface area contributed by atoms with E-state index in [0.29, 0.717) is 0 Å². The molecule has 0 spiro atoms. The number of fused-ring (bicyclic) bond motifs is 6. The van der Waals surface area contributed by atoms with E-state index in [0.717, 1.165) is 13.0 Å². The average molecular weight is 285 g/mol. The van der Waals surface area contributed by atoms with Crippen LogP contribution in [0.15, 0.2) is 48.5 Å². The fourth-order valence-electron chi connectivity index (χ4n) is 4.24. The van der Waals surface area contributed by atoms with Crippen LogP contribution in [-0.2, 0) is 12.8 Å². The van der Waals surface area contributed by atoms with E-state index in [1.54, 1.807) is 0 Å². The Kier molecular flexibility index (Phi) is 2.43. The zero-order valence-electron chi connectivity index (χ0n) is 12.9. The predicted molar refractivity (Wildman–Crippen MR) is 93.8 cm³/mol. The lowest BCUT2D eigenvalue weighted by atomic mass is 9.97. The van der Waals surface area contributed by atoms with Crippen molar-refractivity contribution in [2.45, 2.75) is 19.8 Å². The first-order valence-electron chi connectivity index (χ1n) is 8.27. The summed E-state index contributed by atoms with van der Waals surface area (Å²) in [7, 11) is 0. The van der Waals surface area contributed by atoms with Crippen LogP contribution in [0.25, 0.3) is 21.9 Å². The zero-order chi connectivity index (χ0) is 14.7. The molecule has 0 radical (unpaired) electrons. The second-order valence-corrected chi connectivity index (χ2v) is 6.47. The lowest BCUT2D eigenvalue weighted by Crippen LogP contribution is -2.19. The molecule has 3 aromatic rings. The molecular formula is C21H19N. The predicted octanol–water partition coefficient (Wildman–Crippen LogP) is 4.79. The summed E-state index contributed by atoms with van der Waals surface area (Å²) in [4.78, 5) is 2.53. The van der Waals surface area contributed by atoms with E-state index < -0.39 is 0 Å². The first kappa shape index (κ1) is 12.3. The Labute approximate surface area is 131 Å². The molecule has 0 aromatic heterocycles. The Balaban J connectivity index is 1.79. The summed E-state index contributed by atoms with van der Waals surface area (Å²) < 4.78 is 0. The van der Waals surface area contributed by atoms with Crippen LogP contribution in [0.1, 0.15) is 23.6 Å². The quantitative estimate of drug-likeness (QED) is 0.486. The fourth-order valence-corrected chi connectivity index (χ4v) is 4.24. The first-order chi connectivity index (χ1) is 10.8. The number of hydrogen-bond acceptors (Lipinski definition) is 1. The number of likely N-dealkylation sites (N-methyl/N-ethyl adjacent to an activating group) is 1. The highest BCUT2D eigenvalue weighted by Gasteiger charge is 2.23. The number of hydrogen-bond donors (Lipinski definition) is 0. The smallest absolute Gasteiger partial charge is 0.0479 e. The molecule has 0 fully saturated rings. The van der Waals surface area contributed by atoms with Gasteiger partial charge in [0, 0.05) is 24.2 Å². The van der Waals surface area contributed by atoms with Crippen LogP contribution in [0.2, 0.25) is 0 Å². The fraction of sp³-hybridized carbons (Fsp3) is 0.238. The van der Waals surface area contributed by atoms with E-state index in [1.165, 1.54) is 57.2 Å². The van der Waals surface area contributed by atoms with Crippen LogP contribution in [0.4, 0.5) is 5.69 Å². The standard InChI is InChI=1S/C21H19N/c1-2-22-10-9-14-7-8-16-12-19-17(13-20(16)21(14)22)11-15-5-3-4-6-18(15)19/h3-8,12-13H,2,9-11H2,1H3.